The number of rotatable bonds is 4. The van der Waals surface area contributed by atoms with Gasteiger partial charge in [0, 0.05) is 23.1 Å². The van der Waals surface area contributed by atoms with Gasteiger partial charge in [0.1, 0.15) is 0 Å². The molecule has 1 aromatic rings. The van der Waals surface area contributed by atoms with Crippen molar-refractivity contribution in [1.82, 2.24) is 10.2 Å². The highest BCUT2D eigenvalue weighted by Crippen LogP contribution is 2.36. The zero-order valence-electron chi connectivity index (χ0n) is 11.6. The Bertz CT molecular complexity index is 403. The third kappa shape index (κ3) is 3.21. The molecule has 2 fully saturated rings. The van der Waals surface area contributed by atoms with E-state index in [1.807, 2.05) is 0 Å². The Morgan fingerprint density at radius 3 is 2.42 bits per heavy atom. The molecule has 0 radical (unpaired) electrons. The second-order valence-corrected chi connectivity index (χ2v) is 7.06. The van der Waals surface area contributed by atoms with Gasteiger partial charge < -0.3 is 10.2 Å². The van der Waals surface area contributed by atoms with Gasteiger partial charge in [-0.2, -0.15) is 0 Å². The van der Waals surface area contributed by atoms with Gasteiger partial charge in [-0.25, -0.2) is 0 Å². The van der Waals surface area contributed by atoms with Gasteiger partial charge in [0.25, 0.3) is 0 Å². The van der Waals surface area contributed by atoms with E-state index in [2.05, 4.69) is 57.5 Å². The average molecular weight is 323 g/mol. The van der Waals surface area contributed by atoms with Crippen molar-refractivity contribution in [2.24, 2.45) is 5.92 Å². The highest BCUT2D eigenvalue weighted by Gasteiger charge is 2.37. The first kappa shape index (κ1) is 13.6. The first-order valence-corrected chi connectivity index (χ1v) is 8.19. The molecule has 0 saturated carbocycles. The molecule has 0 aliphatic carbocycles. The summed E-state index contributed by atoms with van der Waals surface area (Å²) >= 11 is 3.48. The van der Waals surface area contributed by atoms with Crippen molar-refractivity contribution in [2.45, 2.75) is 44.3 Å². The van der Waals surface area contributed by atoms with E-state index in [1.165, 1.54) is 37.8 Å². The summed E-state index contributed by atoms with van der Waals surface area (Å²) in [5.41, 5.74) is 1.37. The molecule has 2 atom stereocenters. The zero-order valence-corrected chi connectivity index (χ0v) is 13.2. The predicted molar refractivity (Wildman–Crippen MR) is 83.1 cm³/mol. The smallest absolute Gasteiger partial charge is 0.0205 e. The summed E-state index contributed by atoms with van der Waals surface area (Å²) in [6.45, 7) is 2.17. The van der Waals surface area contributed by atoms with Gasteiger partial charge in [0.15, 0.2) is 0 Å². The average Bonchev–Trinajstić information content (AvgIpc) is 2.64. The summed E-state index contributed by atoms with van der Waals surface area (Å²) in [4.78, 5) is 2.62. The van der Waals surface area contributed by atoms with Gasteiger partial charge >= 0.3 is 0 Å². The fourth-order valence-electron chi connectivity index (χ4n) is 3.71. The third-order valence-electron chi connectivity index (χ3n) is 4.87. The Morgan fingerprint density at radius 1 is 1.16 bits per heavy atom. The van der Waals surface area contributed by atoms with Crippen molar-refractivity contribution in [2.75, 3.05) is 13.6 Å². The third-order valence-corrected chi connectivity index (χ3v) is 5.40. The van der Waals surface area contributed by atoms with E-state index in [1.54, 1.807) is 0 Å². The number of benzene rings is 1. The van der Waals surface area contributed by atoms with E-state index < -0.39 is 0 Å². The highest BCUT2D eigenvalue weighted by atomic mass is 79.9. The maximum absolute atomic E-state index is 3.64. The molecule has 0 amide bonds. The second kappa shape index (κ2) is 5.94. The minimum Gasteiger partial charge on any atom is -0.312 e. The predicted octanol–water partition coefficient (Wildman–Crippen LogP) is 3.41. The maximum atomic E-state index is 3.64. The molecule has 3 heteroatoms. The van der Waals surface area contributed by atoms with Crippen LogP contribution in [0.1, 0.15) is 31.2 Å². The van der Waals surface area contributed by atoms with E-state index in [0.29, 0.717) is 0 Å². The van der Waals surface area contributed by atoms with Crippen LogP contribution in [0.15, 0.2) is 28.7 Å². The van der Waals surface area contributed by atoms with Crippen molar-refractivity contribution in [3.63, 3.8) is 0 Å². The molecule has 2 unspecified atom stereocenters. The van der Waals surface area contributed by atoms with E-state index in [-0.39, 0.29) is 0 Å². The Labute approximate surface area is 124 Å². The lowest BCUT2D eigenvalue weighted by Crippen LogP contribution is -2.42. The molecule has 2 saturated heterocycles. The second-order valence-electron chi connectivity index (χ2n) is 6.15. The summed E-state index contributed by atoms with van der Waals surface area (Å²) in [5.74, 6) is 0.879. The van der Waals surface area contributed by atoms with E-state index >= 15 is 0 Å². The molecule has 19 heavy (non-hydrogen) atoms. The minimum atomic E-state index is 0.859. The van der Waals surface area contributed by atoms with Crippen LogP contribution in [0.3, 0.4) is 0 Å². The van der Waals surface area contributed by atoms with Crippen LogP contribution in [-0.2, 0) is 6.54 Å². The molecule has 2 aliphatic rings. The number of piperidine rings is 1. The number of hydrogen-bond acceptors (Lipinski definition) is 2. The number of hydrogen-bond donors (Lipinski definition) is 1. The SMILES string of the molecule is CN1C2CCC1CC(CNCc1ccc(Br)cc1)C2. The van der Waals surface area contributed by atoms with Gasteiger partial charge in [-0.05, 0) is 62.9 Å². The molecule has 104 valence electrons. The molecule has 3 rings (SSSR count). The van der Waals surface area contributed by atoms with Crippen molar-refractivity contribution < 1.29 is 0 Å². The number of fused-ring (bicyclic) bond motifs is 2. The molecule has 1 N–H and O–H groups in total. The van der Waals surface area contributed by atoms with Crippen LogP contribution in [0.2, 0.25) is 0 Å². The zero-order chi connectivity index (χ0) is 13.2. The van der Waals surface area contributed by atoms with Crippen LogP contribution in [0.5, 0.6) is 0 Å². The number of nitrogens with one attached hydrogen (secondary N) is 1. The van der Waals surface area contributed by atoms with Crippen molar-refractivity contribution in [1.29, 1.82) is 0 Å². The summed E-state index contributed by atoms with van der Waals surface area (Å²) in [6.07, 6.45) is 5.62. The normalized spacial score (nSPS) is 30.7. The summed E-state index contributed by atoms with van der Waals surface area (Å²) in [7, 11) is 2.31. The molecular formula is C16H23BrN2. The quantitative estimate of drug-likeness (QED) is 0.913. The summed E-state index contributed by atoms with van der Waals surface area (Å²) in [6, 6.07) is 10.3. The van der Waals surface area contributed by atoms with E-state index in [4.69, 9.17) is 0 Å². The molecule has 1 aromatic carbocycles. The van der Waals surface area contributed by atoms with Crippen molar-refractivity contribution in [3.05, 3.63) is 34.3 Å². The van der Waals surface area contributed by atoms with E-state index in [0.717, 1.165) is 29.0 Å². The fourth-order valence-corrected chi connectivity index (χ4v) is 3.98. The molecular weight excluding hydrogens is 300 g/mol. The summed E-state index contributed by atoms with van der Waals surface area (Å²) < 4.78 is 1.16. The Balaban J connectivity index is 1.45. The van der Waals surface area contributed by atoms with Crippen molar-refractivity contribution in [3.8, 4) is 0 Å². The monoisotopic (exact) mass is 322 g/mol. The van der Waals surface area contributed by atoms with Crippen LogP contribution in [0, 0.1) is 5.92 Å². The van der Waals surface area contributed by atoms with Crippen LogP contribution >= 0.6 is 15.9 Å². The van der Waals surface area contributed by atoms with E-state index in [9.17, 15) is 0 Å². The fraction of sp³-hybridized carbons (Fsp3) is 0.625. The van der Waals surface area contributed by atoms with Crippen LogP contribution < -0.4 is 5.32 Å². The van der Waals surface area contributed by atoms with Crippen LogP contribution in [0.4, 0.5) is 0 Å². The van der Waals surface area contributed by atoms with Crippen LogP contribution in [-0.4, -0.2) is 30.6 Å². The minimum absolute atomic E-state index is 0.859. The maximum Gasteiger partial charge on any atom is 0.0205 e. The highest BCUT2D eigenvalue weighted by molar-refractivity contribution is 9.10. The Kier molecular flexibility index (Phi) is 4.25. The molecule has 2 bridgehead atoms. The molecule has 2 aliphatic heterocycles. The van der Waals surface area contributed by atoms with Gasteiger partial charge in [-0.1, -0.05) is 28.1 Å². The largest absolute Gasteiger partial charge is 0.312 e. The van der Waals surface area contributed by atoms with Crippen LogP contribution in [0.25, 0.3) is 0 Å². The van der Waals surface area contributed by atoms with Gasteiger partial charge in [-0.3, -0.25) is 0 Å². The van der Waals surface area contributed by atoms with Gasteiger partial charge in [0.2, 0.25) is 0 Å². The molecule has 2 nitrogen and oxygen atoms in total. The molecule has 0 spiro atoms. The lowest BCUT2D eigenvalue weighted by atomic mass is 9.91. The lowest BCUT2D eigenvalue weighted by Gasteiger charge is -2.36. The Morgan fingerprint density at radius 2 is 1.79 bits per heavy atom. The lowest BCUT2D eigenvalue weighted by molar-refractivity contribution is 0.133. The number of halogens is 1. The summed E-state index contributed by atoms with van der Waals surface area (Å²) in [5, 5.41) is 3.64. The standard InChI is InChI=1S/C16H23BrN2/c1-19-15-6-7-16(19)9-13(8-15)11-18-10-12-2-4-14(17)5-3-12/h2-5,13,15-16,18H,6-11H2,1H3. The van der Waals surface area contributed by atoms with Crippen molar-refractivity contribution >= 4 is 15.9 Å². The molecule has 0 aromatic heterocycles. The first-order chi connectivity index (χ1) is 9.22. The number of nitrogens with zero attached hydrogens (tertiary/aromatic N) is 1. The van der Waals surface area contributed by atoms with Gasteiger partial charge in [-0.15, -0.1) is 0 Å². The topological polar surface area (TPSA) is 15.3 Å². The Hall–Kier alpha value is -0.380. The molecule has 2 heterocycles. The van der Waals surface area contributed by atoms with Gasteiger partial charge in [0.05, 0.1) is 0 Å². The first-order valence-electron chi connectivity index (χ1n) is 7.39.